The molecule has 2 aromatic carbocycles. The molecule has 0 aliphatic rings. The average Bonchev–Trinajstić information content (AvgIpc) is 2.51. The van der Waals surface area contributed by atoms with E-state index in [0.717, 1.165) is 12.1 Å². The van der Waals surface area contributed by atoms with Gasteiger partial charge in [-0.15, -0.1) is 0 Å². The van der Waals surface area contributed by atoms with Gasteiger partial charge in [-0.1, -0.05) is 11.6 Å². The minimum absolute atomic E-state index is 0.0911. The standard InChI is InChI=1S/C15H13ClF3NO4S/c16-13-9-11(3-6-14(13)24-15(18)19)20-25(21,22)8-7-23-12-4-1-10(17)2-5-12/h1-6,9,15,20H,7-8H2. The highest BCUT2D eigenvalue weighted by atomic mass is 35.5. The highest BCUT2D eigenvalue weighted by Gasteiger charge is 2.14. The molecule has 0 amide bonds. The maximum Gasteiger partial charge on any atom is 0.387 e. The summed E-state index contributed by atoms with van der Waals surface area (Å²) in [6.07, 6.45) is 0. The molecule has 0 radical (unpaired) electrons. The summed E-state index contributed by atoms with van der Waals surface area (Å²) in [5.74, 6) is -0.748. The van der Waals surface area contributed by atoms with Crippen LogP contribution in [0.25, 0.3) is 0 Å². The van der Waals surface area contributed by atoms with E-state index in [0.29, 0.717) is 5.75 Å². The van der Waals surface area contributed by atoms with Gasteiger partial charge >= 0.3 is 6.61 Å². The topological polar surface area (TPSA) is 64.6 Å². The van der Waals surface area contributed by atoms with Crippen molar-refractivity contribution in [2.45, 2.75) is 6.61 Å². The average molecular weight is 396 g/mol. The summed E-state index contributed by atoms with van der Waals surface area (Å²) in [6.45, 7) is -3.20. The van der Waals surface area contributed by atoms with Gasteiger partial charge in [0.15, 0.2) is 0 Å². The van der Waals surface area contributed by atoms with Crippen LogP contribution < -0.4 is 14.2 Å². The number of sulfonamides is 1. The van der Waals surface area contributed by atoms with E-state index in [1.54, 1.807) is 0 Å². The molecule has 0 aliphatic carbocycles. The van der Waals surface area contributed by atoms with Crippen LogP contribution in [0.4, 0.5) is 18.9 Å². The van der Waals surface area contributed by atoms with Crippen LogP contribution in [-0.2, 0) is 10.0 Å². The maximum absolute atomic E-state index is 12.7. The Morgan fingerprint density at radius 3 is 2.40 bits per heavy atom. The third-order valence-corrected chi connectivity index (χ3v) is 4.40. The first-order valence-corrected chi connectivity index (χ1v) is 8.91. The summed E-state index contributed by atoms with van der Waals surface area (Å²) >= 11 is 5.75. The van der Waals surface area contributed by atoms with Crippen molar-refractivity contribution in [3.8, 4) is 11.5 Å². The van der Waals surface area contributed by atoms with E-state index in [1.807, 2.05) is 0 Å². The molecule has 1 N–H and O–H groups in total. The van der Waals surface area contributed by atoms with Crippen molar-refractivity contribution < 1.29 is 31.1 Å². The fourth-order valence-electron chi connectivity index (χ4n) is 1.79. The number of anilines is 1. The summed E-state index contributed by atoms with van der Waals surface area (Å²) in [4.78, 5) is 0. The van der Waals surface area contributed by atoms with Gasteiger partial charge in [0.25, 0.3) is 0 Å². The smallest absolute Gasteiger partial charge is 0.387 e. The zero-order chi connectivity index (χ0) is 18.4. The van der Waals surface area contributed by atoms with Crippen LogP contribution in [0.2, 0.25) is 5.02 Å². The number of benzene rings is 2. The van der Waals surface area contributed by atoms with Gasteiger partial charge in [0.1, 0.15) is 29.7 Å². The SMILES string of the molecule is O=S(=O)(CCOc1ccc(F)cc1)Nc1ccc(OC(F)F)c(Cl)c1. The molecule has 0 aromatic heterocycles. The summed E-state index contributed by atoms with van der Waals surface area (Å²) in [5.41, 5.74) is 0.0911. The highest BCUT2D eigenvalue weighted by molar-refractivity contribution is 7.92. The van der Waals surface area contributed by atoms with E-state index < -0.39 is 22.5 Å². The molecule has 2 rings (SSSR count). The van der Waals surface area contributed by atoms with Gasteiger partial charge in [0, 0.05) is 0 Å². The molecule has 0 unspecified atom stereocenters. The first-order valence-electron chi connectivity index (χ1n) is 6.88. The molecule has 0 spiro atoms. The lowest BCUT2D eigenvalue weighted by molar-refractivity contribution is -0.0497. The first kappa shape index (κ1) is 19.2. The minimum atomic E-state index is -3.76. The number of nitrogens with one attached hydrogen (secondary N) is 1. The molecule has 0 heterocycles. The Labute approximate surface area is 147 Å². The lowest BCUT2D eigenvalue weighted by Gasteiger charge is -2.11. The predicted molar refractivity (Wildman–Crippen MR) is 87.4 cm³/mol. The molecule has 25 heavy (non-hydrogen) atoms. The quantitative estimate of drug-likeness (QED) is 0.736. The van der Waals surface area contributed by atoms with E-state index >= 15 is 0 Å². The Kier molecular flexibility index (Phi) is 6.38. The van der Waals surface area contributed by atoms with Gasteiger partial charge in [-0.2, -0.15) is 8.78 Å². The maximum atomic E-state index is 12.7. The molecular weight excluding hydrogens is 383 g/mol. The van der Waals surface area contributed by atoms with Crippen molar-refractivity contribution in [3.63, 3.8) is 0 Å². The number of hydrogen-bond donors (Lipinski definition) is 1. The zero-order valence-corrected chi connectivity index (χ0v) is 14.2. The van der Waals surface area contributed by atoms with Crippen LogP contribution in [0, 0.1) is 5.82 Å². The van der Waals surface area contributed by atoms with Crippen LogP contribution in [0.3, 0.4) is 0 Å². The predicted octanol–water partition coefficient (Wildman–Crippen LogP) is 3.90. The molecule has 2 aromatic rings. The summed E-state index contributed by atoms with van der Waals surface area (Å²) in [6, 6.07) is 8.63. The van der Waals surface area contributed by atoms with Crippen molar-refractivity contribution in [2.75, 3.05) is 17.1 Å². The van der Waals surface area contributed by atoms with Crippen molar-refractivity contribution in [3.05, 3.63) is 53.3 Å². The van der Waals surface area contributed by atoms with Crippen molar-refractivity contribution in [1.82, 2.24) is 0 Å². The molecule has 0 atom stereocenters. The van der Waals surface area contributed by atoms with Crippen LogP contribution in [0.5, 0.6) is 11.5 Å². The molecule has 0 fully saturated rings. The lowest BCUT2D eigenvalue weighted by atomic mass is 10.3. The third kappa shape index (κ3) is 6.35. The second kappa shape index (κ2) is 8.30. The highest BCUT2D eigenvalue weighted by Crippen LogP contribution is 2.29. The number of hydrogen-bond acceptors (Lipinski definition) is 4. The number of ether oxygens (including phenoxy) is 2. The Hall–Kier alpha value is -2.13. The van der Waals surface area contributed by atoms with E-state index in [1.165, 1.54) is 30.3 Å². The minimum Gasteiger partial charge on any atom is -0.492 e. The van der Waals surface area contributed by atoms with E-state index in [4.69, 9.17) is 16.3 Å². The van der Waals surface area contributed by atoms with E-state index in [2.05, 4.69) is 9.46 Å². The normalized spacial score (nSPS) is 11.4. The van der Waals surface area contributed by atoms with E-state index in [9.17, 15) is 21.6 Å². The van der Waals surface area contributed by atoms with Crippen molar-refractivity contribution >= 4 is 27.3 Å². The van der Waals surface area contributed by atoms with Crippen LogP contribution >= 0.6 is 11.6 Å². The summed E-state index contributed by atoms with van der Waals surface area (Å²) in [5, 5.41) is -0.164. The second-order valence-corrected chi connectivity index (χ2v) is 7.00. The Morgan fingerprint density at radius 1 is 1.12 bits per heavy atom. The molecule has 0 saturated heterocycles. The summed E-state index contributed by atoms with van der Waals surface area (Å²) in [7, 11) is -3.76. The van der Waals surface area contributed by atoms with Gasteiger partial charge in [0.05, 0.1) is 10.7 Å². The number of halogens is 4. The third-order valence-electron chi connectivity index (χ3n) is 2.86. The molecule has 136 valence electrons. The fourth-order valence-corrected chi connectivity index (χ4v) is 2.90. The van der Waals surface area contributed by atoms with Gasteiger partial charge < -0.3 is 9.47 Å². The molecular formula is C15H13ClF3NO4S. The van der Waals surface area contributed by atoms with Crippen LogP contribution in [0.1, 0.15) is 0 Å². The zero-order valence-electron chi connectivity index (χ0n) is 12.6. The fraction of sp³-hybridized carbons (Fsp3) is 0.200. The lowest BCUT2D eigenvalue weighted by Crippen LogP contribution is -2.21. The largest absolute Gasteiger partial charge is 0.492 e. The Morgan fingerprint density at radius 2 is 1.80 bits per heavy atom. The van der Waals surface area contributed by atoms with Gasteiger partial charge in [-0.25, -0.2) is 12.8 Å². The monoisotopic (exact) mass is 395 g/mol. The second-order valence-electron chi connectivity index (χ2n) is 4.75. The van der Waals surface area contributed by atoms with Gasteiger partial charge in [-0.05, 0) is 42.5 Å². The summed E-state index contributed by atoms with van der Waals surface area (Å²) < 4.78 is 72.6. The van der Waals surface area contributed by atoms with Crippen LogP contribution in [-0.4, -0.2) is 27.4 Å². The van der Waals surface area contributed by atoms with Crippen molar-refractivity contribution in [1.29, 1.82) is 0 Å². The van der Waals surface area contributed by atoms with Crippen LogP contribution in [0.15, 0.2) is 42.5 Å². The Balaban J connectivity index is 1.92. The Bertz CT molecular complexity index is 816. The first-order chi connectivity index (χ1) is 11.7. The van der Waals surface area contributed by atoms with Crippen molar-refractivity contribution in [2.24, 2.45) is 0 Å². The number of alkyl halides is 2. The molecule has 0 saturated carbocycles. The molecule has 0 aliphatic heterocycles. The molecule has 5 nitrogen and oxygen atoms in total. The molecule has 10 heteroatoms. The molecule has 0 bridgehead atoms. The van der Waals surface area contributed by atoms with Gasteiger partial charge in [-0.3, -0.25) is 4.72 Å². The number of rotatable bonds is 8. The van der Waals surface area contributed by atoms with Gasteiger partial charge in [0.2, 0.25) is 10.0 Å². The van der Waals surface area contributed by atoms with E-state index in [-0.39, 0.29) is 28.8 Å².